The Morgan fingerprint density at radius 2 is 2.28 bits per heavy atom. The maximum Gasteiger partial charge on any atom is 0.255 e. The minimum atomic E-state index is -0.0906. The summed E-state index contributed by atoms with van der Waals surface area (Å²) in [6, 6.07) is 4.90. The first-order valence-corrected chi connectivity index (χ1v) is 6.54. The zero-order valence-electron chi connectivity index (χ0n) is 9.90. The van der Waals surface area contributed by atoms with Crippen LogP contribution in [-0.2, 0) is 0 Å². The van der Waals surface area contributed by atoms with Gasteiger partial charge in [0.15, 0.2) is 0 Å². The van der Waals surface area contributed by atoms with Crippen LogP contribution in [-0.4, -0.2) is 41.6 Å². The number of nitrogens with one attached hydrogen (secondary N) is 1. The molecule has 1 aromatic rings. The quantitative estimate of drug-likeness (QED) is 0.810. The van der Waals surface area contributed by atoms with Crippen molar-refractivity contribution in [3.63, 3.8) is 0 Å². The maximum atomic E-state index is 12.4. The third kappa shape index (κ3) is 1.95. The van der Waals surface area contributed by atoms with Crippen LogP contribution < -0.4 is 5.32 Å². The number of phenolic OH excluding ortho intramolecular Hbond substituents is 1. The normalized spacial score (nSPS) is 26.4. The van der Waals surface area contributed by atoms with Crippen LogP contribution in [0.25, 0.3) is 0 Å². The molecule has 0 saturated carbocycles. The van der Waals surface area contributed by atoms with Gasteiger partial charge in [0.1, 0.15) is 5.75 Å². The van der Waals surface area contributed by atoms with E-state index in [4.69, 9.17) is 11.6 Å². The van der Waals surface area contributed by atoms with Gasteiger partial charge >= 0.3 is 0 Å². The average molecular weight is 267 g/mol. The molecule has 2 aliphatic rings. The molecule has 18 heavy (non-hydrogen) atoms. The number of nitrogens with zero attached hydrogens (tertiary/aromatic N) is 1. The lowest BCUT2D eigenvalue weighted by Crippen LogP contribution is -2.34. The van der Waals surface area contributed by atoms with Crippen molar-refractivity contribution in [3.05, 3.63) is 28.8 Å². The average Bonchev–Trinajstić information content (AvgIpc) is 2.91. The van der Waals surface area contributed by atoms with Crippen molar-refractivity contribution in [1.82, 2.24) is 10.2 Å². The summed E-state index contributed by atoms with van der Waals surface area (Å²) < 4.78 is 0. The highest BCUT2D eigenvalue weighted by atomic mass is 35.5. The highest BCUT2D eigenvalue weighted by Crippen LogP contribution is 2.28. The summed E-state index contributed by atoms with van der Waals surface area (Å²) >= 11 is 6.02. The molecule has 2 fully saturated rings. The molecule has 96 valence electrons. The number of aromatic hydroxyl groups is 1. The second-order valence-corrected chi connectivity index (χ2v) is 5.39. The summed E-state index contributed by atoms with van der Waals surface area (Å²) in [4.78, 5) is 14.2. The van der Waals surface area contributed by atoms with E-state index in [0.29, 0.717) is 22.5 Å². The van der Waals surface area contributed by atoms with E-state index in [2.05, 4.69) is 5.32 Å². The van der Waals surface area contributed by atoms with Crippen LogP contribution >= 0.6 is 11.6 Å². The van der Waals surface area contributed by atoms with E-state index in [1.54, 1.807) is 6.07 Å². The zero-order chi connectivity index (χ0) is 12.7. The van der Waals surface area contributed by atoms with E-state index in [1.165, 1.54) is 12.1 Å². The van der Waals surface area contributed by atoms with Gasteiger partial charge in [-0.1, -0.05) is 11.6 Å². The molecule has 0 unspecified atom stereocenters. The van der Waals surface area contributed by atoms with Crippen molar-refractivity contribution in [3.8, 4) is 5.75 Å². The number of benzene rings is 1. The Balaban J connectivity index is 1.81. The Labute approximate surface area is 111 Å². The lowest BCUT2D eigenvalue weighted by molar-refractivity contribution is 0.0782. The molecule has 0 radical (unpaired) electrons. The van der Waals surface area contributed by atoms with E-state index >= 15 is 0 Å². The third-order valence-corrected chi connectivity index (χ3v) is 4.16. The molecular weight excluding hydrogens is 252 g/mol. The largest absolute Gasteiger partial charge is 0.508 e. The van der Waals surface area contributed by atoms with Gasteiger partial charge in [-0.25, -0.2) is 0 Å². The van der Waals surface area contributed by atoms with Crippen molar-refractivity contribution in [2.45, 2.75) is 12.5 Å². The molecule has 0 spiro atoms. The van der Waals surface area contributed by atoms with Crippen LogP contribution in [0.2, 0.25) is 5.02 Å². The van der Waals surface area contributed by atoms with Crippen LogP contribution in [0.15, 0.2) is 18.2 Å². The van der Waals surface area contributed by atoms with Gasteiger partial charge in [-0.05, 0) is 37.1 Å². The highest BCUT2D eigenvalue weighted by molar-refractivity contribution is 6.33. The summed E-state index contributed by atoms with van der Waals surface area (Å²) in [6.07, 6.45) is 1.13. The lowest BCUT2D eigenvalue weighted by atomic mass is 10.1. The van der Waals surface area contributed by atoms with Crippen LogP contribution in [0.1, 0.15) is 16.8 Å². The van der Waals surface area contributed by atoms with Crippen LogP contribution in [0.3, 0.4) is 0 Å². The Morgan fingerprint density at radius 3 is 3.06 bits per heavy atom. The summed E-state index contributed by atoms with van der Waals surface area (Å²) in [5.74, 6) is 0.539. The van der Waals surface area contributed by atoms with Gasteiger partial charge in [-0.2, -0.15) is 0 Å². The molecule has 5 heteroatoms. The Morgan fingerprint density at radius 1 is 1.44 bits per heavy atom. The number of carbonyl (C=O) groups is 1. The fourth-order valence-electron chi connectivity index (χ4n) is 2.86. The molecule has 2 aliphatic heterocycles. The van der Waals surface area contributed by atoms with E-state index in [9.17, 15) is 9.90 Å². The van der Waals surface area contributed by atoms with E-state index in [0.717, 1.165) is 26.1 Å². The summed E-state index contributed by atoms with van der Waals surface area (Å²) in [6.45, 7) is 2.56. The van der Waals surface area contributed by atoms with Crippen LogP contribution in [0, 0.1) is 5.92 Å². The first-order valence-electron chi connectivity index (χ1n) is 6.16. The lowest BCUT2D eigenvalue weighted by Gasteiger charge is -2.18. The topological polar surface area (TPSA) is 52.6 Å². The molecule has 2 saturated heterocycles. The van der Waals surface area contributed by atoms with Crippen molar-refractivity contribution in [2.75, 3.05) is 19.6 Å². The number of likely N-dealkylation sites (tertiary alicyclic amines) is 1. The standard InChI is InChI=1S/C13H15ClN2O2/c14-11-2-1-9(17)5-10(11)13(18)16-6-8-3-4-15-12(8)7-16/h1-2,5,8,12,15,17H,3-4,6-7H2/t8-,12+/m0/s1. The van der Waals surface area contributed by atoms with Crippen molar-refractivity contribution in [1.29, 1.82) is 0 Å². The van der Waals surface area contributed by atoms with Crippen molar-refractivity contribution in [2.24, 2.45) is 5.92 Å². The first-order chi connectivity index (χ1) is 8.65. The Kier molecular flexibility index (Phi) is 2.92. The molecule has 0 aromatic heterocycles. The van der Waals surface area contributed by atoms with Gasteiger partial charge in [-0.15, -0.1) is 0 Å². The summed E-state index contributed by atoms with van der Waals surface area (Å²) in [5, 5.41) is 13.2. The Bertz CT molecular complexity index is 480. The van der Waals surface area contributed by atoms with Crippen LogP contribution in [0.5, 0.6) is 5.75 Å². The smallest absolute Gasteiger partial charge is 0.255 e. The van der Waals surface area contributed by atoms with Gasteiger partial charge in [0.25, 0.3) is 5.91 Å². The molecular formula is C13H15ClN2O2. The van der Waals surface area contributed by atoms with Crippen molar-refractivity contribution >= 4 is 17.5 Å². The van der Waals surface area contributed by atoms with Gasteiger partial charge in [0.05, 0.1) is 10.6 Å². The summed E-state index contributed by atoms with van der Waals surface area (Å²) in [5.41, 5.74) is 0.386. The van der Waals surface area contributed by atoms with E-state index < -0.39 is 0 Å². The summed E-state index contributed by atoms with van der Waals surface area (Å²) in [7, 11) is 0. The second-order valence-electron chi connectivity index (χ2n) is 4.98. The predicted molar refractivity (Wildman–Crippen MR) is 68.9 cm³/mol. The Hall–Kier alpha value is -1.26. The molecule has 4 nitrogen and oxygen atoms in total. The van der Waals surface area contributed by atoms with Crippen LogP contribution in [0.4, 0.5) is 0 Å². The predicted octanol–water partition coefficient (Wildman–Crippen LogP) is 1.48. The number of hydrogen-bond acceptors (Lipinski definition) is 3. The fraction of sp³-hybridized carbons (Fsp3) is 0.462. The van der Waals surface area contributed by atoms with Crippen molar-refractivity contribution < 1.29 is 9.90 Å². The number of phenols is 1. The van der Waals surface area contributed by atoms with E-state index in [1.807, 2.05) is 4.90 Å². The monoisotopic (exact) mass is 266 g/mol. The van der Waals surface area contributed by atoms with Gasteiger partial charge in [-0.3, -0.25) is 4.79 Å². The number of amides is 1. The minimum Gasteiger partial charge on any atom is -0.508 e. The number of hydrogen-bond donors (Lipinski definition) is 2. The highest BCUT2D eigenvalue weighted by Gasteiger charge is 2.38. The molecule has 1 amide bonds. The SMILES string of the molecule is O=C(c1cc(O)ccc1Cl)N1C[C@@H]2CCN[C@@H]2C1. The zero-order valence-corrected chi connectivity index (χ0v) is 10.7. The molecule has 0 bridgehead atoms. The molecule has 2 heterocycles. The van der Waals surface area contributed by atoms with Gasteiger partial charge < -0.3 is 15.3 Å². The fourth-order valence-corrected chi connectivity index (χ4v) is 3.06. The number of carbonyl (C=O) groups excluding carboxylic acids is 1. The first kappa shape index (κ1) is 11.8. The number of rotatable bonds is 1. The molecule has 2 N–H and O–H groups in total. The van der Waals surface area contributed by atoms with E-state index in [-0.39, 0.29) is 11.7 Å². The molecule has 2 atom stereocenters. The molecule has 0 aliphatic carbocycles. The number of halogens is 1. The second kappa shape index (κ2) is 4.44. The van der Waals surface area contributed by atoms with Gasteiger partial charge in [0, 0.05) is 19.1 Å². The number of fused-ring (bicyclic) bond motifs is 1. The minimum absolute atomic E-state index is 0.0697. The third-order valence-electron chi connectivity index (χ3n) is 3.83. The van der Waals surface area contributed by atoms with Gasteiger partial charge in [0.2, 0.25) is 0 Å². The molecule has 3 rings (SSSR count). The molecule has 1 aromatic carbocycles. The maximum absolute atomic E-state index is 12.4.